The molecule has 0 radical (unpaired) electrons. The van der Waals surface area contributed by atoms with Crippen molar-refractivity contribution in [2.24, 2.45) is 5.92 Å². The Morgan fingerprint density at radius 1 is 1.56 bits per heavy atom. The number of aliphatic hydroxyl groups is 1. The van der Waals surface area contributed by atoms with Crippen molar-refractivity contribution in [3.8, 4) is 5.82 Å². The van der Waals surface area contributed by atoms with E-state index in [4.69, 9.17) is 0 Å². The molecule has 2 N–H and O–H groups in total. The second-order valence-corrected chi connectivity index (χ2v) is 7.52. The van der Waals surface area contributed by atoms with Crippen LogP contribution in [-0.2, 0) is 6.42 Å². The minimum atomic E-state index is -0.739. The second kappa shape index (κ2) is 5.52. The van der Waals surface area contributed by atoms with Crippen LogP contribution in [0.25, 0.3) is 5.82 Å². The van der Waals surface area contributed by atoms with Gasteiger partial charge in [0.05, 0.1) is 18.3 Å². The first kappa shape index (κ1) is 16.0. The average Bonchev–Trinajstić information content (AvgIpc) is 3.27. The Kier molecular flexibility index (Phi) is 3.54. The zero-order valence-electron chi connectivity index (χ0n) is 14.3. The van der Waals surface area contributed by atoms with Crippen LogP contribution < -0.4 is 10.0 Å². The van der Waals surface area contributed by atoms with E-state index in [1.807, 2.05) is 0 Å². The van der Waals surface area contributed by atoms with Gasteiger partial charge in [-0.15, -0.1) is 0 Å². The van der Waals surface area contributed by atoms with Crippen LogP contribution in [0, 0.1) is 11.1 Å². The first-order valence-electron chi connectivity index (χ1n) is 8.50. The van der Waals surface area contributed by atoms with Crippen molar-refractivity contribution in [2.45, 2.75) is 44.6 Å². The van der Waals surface area contributed by atoms with Crippen LogP contribution in [0.15, 0.2) is 18.6 Å². The molecular formula is C17H21N5O3. The highest BCUT2D eigenvalue weighted by Gasteiger charge is 2.50. The van der Waals surface area contributed by atoms with Crippen molar-refractivity contribution in [3.05, 3.63) is 40.7 Å². The zero-order chi connectivity index (χ0) is 17.8. The fourth-order valence-corrected chi connectivity index (χ4v) is 3.58. The third kappa shape index (κ3) is 2.66. The van der Waals surface area contributed by atoms with E-state index in [1.54, 1.807) is 18.5 Å². The third-order valence-corrected chi connectivity index (χ3v) is 5.05. The summed E-state index contributed by atoms with van der Waals surface area (Å²) in [5.74, 6) is 0.939. The molecule has 0 unspecified atom stereocenters. The quantitative estimate of drug-likeness (QED) is 0.619. The Morgan fingerprint density at radius 2 is 2.36 bits per heavy atom. The molecule has 4 rings (SSSR count). The van der Waals surface area contributed by atoms with Gasteiger partial charge in [0.25, 0.3) is 5.91 Å². The van der Waals surface area contributed by atoms with Gasteiger partial charge in [0, 0.05) is 11.5 Å². The molecule has 0 aromatic carbocycles. The predicted octanol–water partition coefficient (Wildman–Crippen LogP) is 0.451. The Morgan fingerprint density at radius 3 is 3.08 bits per heavy atom. The van der Waals surface area contributed by atoms with Gasteiger partial charge in [-0.25, -0.2) is 4.73 Å². The summed E-state index contributed by atoms with van der Waals surface area (Å²) in [5.41, 5.74) is 1.47. The number of aliphatic hydroxyl groups excluding tert-OH is 1. The summed E-state index contributed by atoms with van der Waals surface area (Å²) >= 11 is 0. The lowest BCUT2D eigenvalue weighted by molar-refractivity contribution is -0.600. The molecular weight excluding hydrogens is 322 g/mol. The SMILES string of the molecule is CC(C)(CO)NC(=O)c1nn(-c2cncc[n+]2[O-])c2c1CC[C@@H]1C[C@H]21. The molecule has 0 saturated heterocycles. The Hall–Kier alpha value is -2.48. The largest absolute Gasteiger partial charge is 0.710 e. The first-order valence-corrected chi connectivity index (χ1v) is 8.50. The van der Waals surface area contributed by atoms with E-state index in [0.29, 0.717) is 28.1 Å². The molecule has 2 aliphatic rings. The maximum absolute atomic E-state index is 12.7. The maximum Gasteiger partial charge on any atom is 0.328 e. The number of fused-ring (bicyclic) bond motifs is 3. The van der Waals surface area contributed by atoms with E-state index in [2.05, 4.69) is 15.4 Å². The summed E-state index contributed by atoms with van der Waals surface area (Å²) in [4.78, 5) is 16.8. The summed E-state index contributed by atoms with van der Waals surface area (Å²) in [6, 6.07) is 0. The van der Waals surface area contributed by atoms with Gasteiger partial charge in [-0.2, -0.15) is 0 Å². The van der Waals surface area contributed by atoms with E-state index in [9.17, 15) is 15.1 Å². The summed E-state index contributed by atoms with van der Waals surface area (Å²) in [7, 11) is 0. The average molecular weight is 343 g/mol. The standard InChI is InChI=1S/C17H21N5O3/c1-17(2,9-23)19-16(24)14-11-4-3-10-7-12(10)15(11)22(20-14)13-8-18-5-6-21(13)25/h5-6,8,10,12,23H,3-4,7,9H2,1-2H3,(H,19,24)/t10-,12+/m1/s1. The second-order valence-electron chi connectivity index (χ2n) is 7.52. The highest BCUT2D eigenvalue weighted by molar-refractivity contribution is 5.94. The lowest BCUT2D eigenvalue weighted by Gasteiger charge is -2.23. The number of amides is 1. The van der Waals surface area contributed by atoms with Crippen LogP contribution in [0.1, 0.15) is 54.4 Å². The summed E-state index contributed by atoms with van der Waals surface area (Å²) < 4.78 is 2.30. The number of hydrogen-bond acceptors (Lipinski definition) is 5. The number of hydrogen-bond donors (Lipinski definition) is 2. The highest BCUT2D eigenvalue weighted by Crippen LogP contribution is 2.55. The maximum atomic E-state index is 12.7. The minimum absolute atomic E-state index is 0.171. The summed E-state index contributed by atoms with van der Waals surface area (Å²) in [5, 5.41) is 28.9. The third-order valence-electron chi connectivity index (χ3n) is 5.05. The van der Waals surface area contributed by atoms with E-state index in [-0.39, 0.29) is 12.5 Å². The summed E-state index contributed by atoms with van der Waals surface area (Å²) in [6.07, 6.45) is 7.09. The lowest BCUT2D eigenvalue weighted by Crippen LogP contribution is -2.46. The molecule has 2 atom stereocenters. The molecule has 1 fully saturated rings. The molecule has 2 aromatic rings. The molecule has 1 saturated carbocycles. The van der Waals surface area contributed by atoms with Crippen LogP contribution >= 0.6 is 0 Å². The fourth-order valence-electron chi connectivity index (χ4n) is 3.58. The summed E-state index contributed by atoms with van der Waals surface area (Å²) in [6.45, 7) is 3.32. The van der Waals surface area contributed by atoms with Gasteiger partial charge in [-0.3, -0.25) is 9.78 Å². The Labute approximate surface area is 145 Å². The number of carbonyl (C=O) groups is 1. The molecule has 8 nitrogen and oxygen atoms in total. The van der Waals surface area contributed by atoms with Crippen LogP contribution in [0.4, 0.5) is 0 Å². The molecule has 0 aliphatic heterocycles. The number of nitrogens with zero attached hydrogens (tertiary/aromatic N) is 4. The van der Waals surface area contributed by atoms with Gasteiger partial charge in [-0.1, -0.05) is 9.78 Å². The van der Waals surface area contributed by atoms with Gasteiger partial charge >= 0.3 is 5.82 Å². The number of carbonyl (C=O) groups excluding carboxylic acids is 1. The van der Waals surface area contributed by atoms with Crippen LogP contribution in [0.5, 0.6) is 0 Å². The Balaban J connectivity index is 1.81. The van der Waals surface area contributed by atoms with Crippen molar-refractivity contribution in [1.29, 1.82) is 0 Å². The highest BCUT2D eigenvalue weighted by atomic mass is 16.5. The number of rotatable bonds is 4. The van der Waals surface area contributed by atoms with E-state index in [0.717, 1.165) is 30.5 Å². The minimum Gasteiger partial charge on any atom is -0.710 e. The predicted molar refractivity (Wildman–Crippen MR) is 88.1 cm³/mol. The molecule has 8 heteroatoms. The van der Waals surface area contributed by atoms with Gasteiger partial charge in [0.2, 0.25) is 0 Å². The van der Waals surface area contributed by atoms with E-state index >= 15 is 0 Å². The molecule has 1 amide bonds. The van der Waals surface area contributed by atoms with Crippen molar-refractivity contribution >= 4 is 5.91 Å². The van der Waals surface area contributed by atoms with Crippen molar-refractivity contribution in [3.63, 3.8) is 0 Å². The van der Waals surface area contributed by atoms with Gasteiger partial charge in [0.1, 0.15) is 18.1 Å². The fraction of sp³-hybridized carbons (Fsp3) is 0.529. The lowest BCUT2D eigenvalue weighted by atomic mass is 9.95. The number of aromatic nitrogens is 4. The molecule has 132 valence electrons. The molecule has 2 aliphatic carbocycles. The molecule has 25 heavy (non-hydrogen) atoms. The topological polar surface area (TPSA) is 107 Å². The van der Waals surface area contributed by atoms with E-state index < -0.39 is 5.54 Å². The molecule has 2 aromatic heterocycles. The van der Waals surface area contributed by atoms with E-state index in [1.165, 1.54) is 18.6 Å². The number of nitrogens with one attached hydrogen (secondary N) is 1. The van der Waals surface area contributed by atoms with Crippen molar-refractivity contribution < 1.29 is 14.6 Å². The van der Waals surface area contributed by atoms with Gasteiger partial charge < -0.3 is 15.6 Å². The first-order chi connectivity index (χ1) is 11.9. The van der Waals surface area contributed by atoms with Crippen LogP contribution in [-0.4, -0.2) is 37.9 Å². The van der Waals surface area contributed by atoms with Gasteiger partial charge in [-0.05, 0) is 39.0 Å². The van der Waals surface area contributed by atoms with Crippen LogP contribution in [0.2, 0.25) is 0 Å². The molecule has 0 bridgehead atoms. The van der Waals surface area contributed by atoms with Crippen molar-refractivity contribution in [1.82, 2.24) is 20.1 Å². The Bertz CT molecular complexity index is 845. The normalized spacial score (nSPS) is 21.4. The smallest absolute Gasteiger partial charge is 0.328 e. The zero-order valence-corrected chi connectivity index (χ0v) is 14.3. The molecule has 2 heterocycles. The van der Waals surface area contributed by atoms with Crippen LogP contribution in [0.3, 0.4) is 0 Å². The van der Waals surface area contributed by atoms with Gasteiger partial charge in [0.15, 0.2) is 5.69 Å². The van der Waals surface area contributed by atoms with Crippen molar-refractivity contribution in [2.75, 3.05) is 6.61 Å². The molecule has 0 spiro atoms. The monoisotopic (exact) mass is 343 g/mol.